The summed E-state index contributed by atoms with van der Waals surface area (Å²) in [5.41, 5.74) is 5.42. The maximum atomic E-state index is 13.2. The Labute approximate surface area is 164 Å². The lowest BCUT2D eigenvalue weighted by molar-refractivity contribution is -0.117. The number of para-hydroxylation sites is 1. The van der Waals surface area contributed by atoms with E-state index < -0.39 is 0 Å². The first-order valence-electron chi connectivity index (χ1n) is 9.29. The molecular formula is C22H23N3OS. The third kappa shape index (κ3) is 3.39. The molecule has 1 aliphatic rings. The van der Waals surface area contributed by atoms with Crippen LogP contribution in [0.1, 0.15) is 41.6 Å². The summed E-state index contributed by atoms with van der Waals surface area (Å²) in [6.45, 7) is 4.12. The van der Waals surface area contributed by atoms with Crippen LogP contribution in [-0.2, 0) is 16.3 Å². The van der Waals surface area contributed by atoms with Crippen molar-refractivity contribution in [3.63, 3.8) is 0 Å². The molecule has 5 heteroatoms. The molecule has 27 heavy (non-hydrogen) atoms. The van der Waals surface area contributed by atoms with Crippen LogP contribution in [-0.4, -0.2) is 15.7 Å². The highest BCUT2D eigenvalue weighted by molar-refractivity contribution is 7.98. The van der Waals surface area contributed by atoms with E-state index >= 15 is 0 Å². The predicted octanol–water partition coefficient (Wildman–Crippen LogP) is 5.06. The number of thioether (sulfide) groups is 1. The number of carbonyl (C=O) groups is 1. The second kappa shape index (κ2) is 7.61. The Morgan fingerprint density at radius 2 is 1.89 bits per heavy atom. The van der Waals surface area contributed by atoms with Crippen molar-refractivity contribution in [2.45, 2.75) is 37.7 Å². The number of fused-ring (bicyclic) bond motifs is 1. The molecule has 0 aliphatic carbocycles. The minimum Gasteiger partial charge on any atom is -0.310 e. The zero-order valence-corrected chi connectivity index (χ0v) is 16.4. The number of hydrogen-bond acceptors (Lipinski definition) is 3. The number of hydrogen-bond donors (Lipinski definition) is 1. The van der Waals surface area contributed by atoms with Crippen LogP contribution in [0.4, 0.5) is 5.82 Å². The molecule has 1 atom stereocenters. The number of amides is 1. The number of nitrogens with one attached hydrogen (secondary N) is 1. The average molecular weight is 378 g/mol. The number of rotatable bonds is 5. The van der Waals surface area contributed by atoms with E-state index in [4.69, 9.17) is 5.10 Å². The van der Waals surface area contributed by atoms with E-state index in [-0.39, 0.29) is 11.8 Å². The SMILES string of the molecule is CCC(C(=O)Nc1c2c(nn1-c1ccccc1C)CSC2)c1ccccc1. The number of aromatic nitrogens is 2. The van der Waals surface area contributed by atoms with Gasteiger partial charge in [-0.05, 0) is 30.5 Å². The van der Waals surface area contributed by atoms with E-state index in [9.17, 15) is 4.79 Å². The monoisotopic (exact) mass is 377 g/mol. The lowest BCUT2D eigenvalue weighted by atomic mass is 9.95. The Morgan fingerprint density at radius 3 is 2.63 bits per heavy atom. The van der Waals surface area contributed by atoms with E-state index in [1.807, 2.05) is 58.9 Å². The van der Waals surface area contributed by atoms with E-state index in [1.165, 1.54) is 0 Å². The van der Waals surface area contributed by atoms with Gasteiger partial charge in [-0.1, -0.05) is 55.5 Å². The van der Waals surface area contributed by atoms with Gasteiger partial charge in [-0.15, -0.1) is 0 Å². The average Bonchev–Trinajstić information content (AvgIpc) is 3.26. The van der Waals surface area contributed by atoms with Crippen LogP contribution in [0.25, 0.3) is 5.69 Å². The quantitative estimate of drug-likeness (QED) is 0.676. The molecule has 1 unspecified atom stereocenters. The molecule has 0 fully saturated rings. The Balaban J connectivity index is 1.71. The van der Waals surface area contributed by atoms with Gasteiger partial charge in [0.1, 0.15) is 5.82 Å². The van der Waals surface area contributed by atoms with Gasteiger partial charge in [-0.25, -0.2) is 4.68 Å². The number of nitrogens with zero attached hydrogens (tertiary/aromatic N) is 2. The summed E-state index contributed by atoms with van der Waals surface area (Å²) in [5, 5.41) is 8.03. The van der Waals surface area contributed by atoms with Gasteiger partial charge in [0.2, 0.25) is 5.91 Å². The van der Waals surface area contributed by atoms with Crippen molar-refractivity contribution in [3.8, 4) is 5.69 Å². The summed E-state index contributed by atoms with van der Waals surface area (Å²) in [7, 11) is 0. The zero-order valence-electron chi connectivity index (χ0n) is 15.6. The fraction of sp³-hybridized carbons (Fsp3) is 0.273. The highest BCUT2D eigenvalue weighted by atomic mass is 32.2. The second-order valence-electron chi connectivity index (χ2n) is 6.83. The molecule has 2 aromatic carbocycles. The highest BCUT2D eigenvalue weighted by Gasteiger charge is 2.27. The van der Waals surface area contributed by atoms with Crippen LogP contribution >= 0.6 is 11.8 Å². The summed E-state index contributed by atoms with van der Waals surface area (Å²) in [6, 6.07) is 18.1. The molecule has 1 amide bonds. The lowest BCUT2D eigenvalue weighted by Gasteiger charge is -2.17. The Morgan fingerprint density at radius 1 is 1.15 bits per heavy atom. The van der Waals surface area contributed by atoms with Gasteiger partial charge in [-0.2, -0.15) is 16.9 Å². The summed E-state index contributed by atoms with van der Waals surface area (Å²) < 4.78 is 1.91. The van der Waals surface area contributed by atoms with Gasteiger partial charge in [0.05, 0.1) is 17.3 Å². The molecule has 0 spiro atoms. The molecular weight excluding hydrogens is 354 g/mol. The van der Waals surface area contributed by atoms with Crippen molar-refractivity contribution in [1.29, 1.82) is 0 Å². The highest BCUT2D eigenvalue weighted by Crippen LogP contribution is 2.37. The molecule has 2 heterocycles. The van der Waals surface area contributed by atoms with Crippen LogP contribution in [0.3, 0.4) is 0 Å². The van der Waals surface area contributed by atoms with Gasteiger partial charge in [0.15, 0.2) is 0 Å². The Bertz CT molecular complexity index is 965. The second-order valence-corrected chi connectivity index (χ2v) is 7.81. The summed E-state index contributed by atoms with van der Waals surface area (Å²) in [5.74, 6) is 2.46. The van der Waals surface area contributed by atoms with Gasteiger partial charge >= 0.3 is 0 Å². The van der Waals surface area contributed by atoms with Crippen LogP contribution in [0.15, 0.2) is 54.6 Å². The minimum atomic E-state index is -0.170. The molecule has 0 saturated heterocycles. The van der Waals surface area contributed by atoms with Gasteiger partial charge in [-0.3, -0.25) is 4.79 Å². The van der Waals surface area contributed by atoms with Crippen molar-refractivity contribution < 1.29 is 4.79 Å². The van der Waals surface area contributed by atoms with E-state index in [0.717, 1.165) is 51.8 Å². The molecule has 0 radical (unpaired) electrons. The molecule has 4 nitrogen and oxygen atoms in total. The van der Waals surface area contributed by atoms with Crippen molar-refractivity contribution in [1.82, 2.24) is 9.78 Å². The summed E-state index contributed by atoms with van der Waals surface area (Å²) in [4.78, 5) is 13.2. The molecule has 4 rings (SSSR count). The zero-order chi connectivity index (χ0) is 18.8. The van der Waals surface area contributed by atoms with Crippen molar-refractivity contribution in [3.05, 3.63) is 77.0 Å². The van der Waals surface area contributed by atoms with Crippen LogP contribution in [0.2, 0.25) is 0 Å². The minimum absolute atomic E-state index is 0.0261. The molecule has 138 valence electrons. The molecule has 1 aliphatic heterocycles. The maximum absolute atomic E-state index is 13.2. The normalized spacial score (nSPS) is 14.0. The van der Waals surface area contributed by atoms with Gasteiger partial charge < -0.3 is 5.32 Å². The fourth-order valence-corrected chi connectivity index (χ4v) is 4.61. The van der Waals surface area contributed by atoms with E-state index in [2.05, 4.69) is 31.3 Å². The number of benzene rings is 2. The Hall–Kier alpha value is -2.53. The first kappa shape index (κ1) is 17.9. The maximum Gasteiger partial charge on any atom is 0.233 e. The van der Waals surface area contributed by atoms with Crippen molar-refractivity contribution >= 4 is 23.5 Å². The first-order valence-corrected chi connectivity index (χ1v) is 10.4. The molecule has 3 aromatic rings. The predicted molar refractivity (Wildman–Crippen MR) is 111 cm³/mol. The van der Waals surface area contributed by atoms with E-state index in [1.54, 1.807) is 0 Å². The van der Waals surface area contributed by atoms with Crippen molar-refractivity contribution in [2.75, 3.05) is 5.32 Å². The van der Waals surface area contributed by atoms with Crippen molar-refractivity contribution in [2.24, 2.45) is 0 Å². The van der Waals surface area contributed by atoms with E-state index in [0.29, 0.717) is 0 Å². The standard InChI is InChI=1S/C22H23N3OS/c1-3-17(16-10-5-4-6-11-16)22(26)23-21-18-13-27-14-19(18)24-25(21)20-12-8-7-9-15(20)2/h4-12,17H,3,13-14H2,1-2H3,(H,23,26). The van der Waals surface area contributed by atoms with Gasteiger partial charge in [0, 0.05) is 17.1 Å². The van der Waals surface area contributed by atoms with Gasteiger partial charge in [0.25, 0.3) is 0 Å². The number of aryl methyl sites for hydroxylation is 1. The third-order valence-electron chi connectivity index (χ3n) is 5.06. The number of anilines is 1. The topological polar surface area (TPSA) is 46.9 Å². The number of carbonyl (C=O) groups excluding carboxylic acids is 1. The molecule has 0 bridgehead atoms. The smallest absolute Gasteiger partial charge is 0.233 e. The van der Waals surface area contributed by atoms with Crippen LogP contribution in [0, 0.1) is 6.92 Å². The summed E-state index contributed by atoms with van der Waals surface area (Å²) in [6.07, 6.45) is 0.755. The van der Waals surface area contributed by atoms with Crippen LogP contribution < -0.4 is 5.32 Å². The largest absolute Gasteiger partial charge is 0.310 e. The fourth-order valence-electron chi connectivity index (χ4n) is 3.58. The Kier molecular flexibility index (Phi) is 5.03. The molecule has 1 aromatic heterocycles. The van der Waals surface area contributed by atoms with Crippen LogP contribution in [0.5, 0.6) is 0 Å². The lowest BCUT2D eigenvalue weighted by Crippen LogP contribution is -2.23. The molecule has 0 saturated carbocycles. The first-order chi connectivity index (χ1) is 13.2. The summed E-state index contributed by atoms with van der Waals surface area (Å²) >= 11 is 1.84. The third-order valence-corrected chi connectivity index (χ3v) is 6.03. The molecule has 1 N–H and O–H groups in total.